The van der Waals surface area contributed by atoms with Crippen LogP contribution in [-0.2, 0) is 6.42 Å². The van der Waals surface area contributed by atoms with Crippen LogP contribution in [0, 0.1) is 6.92 Å². The third-order valence-corrected chi connectivity index (χ3v) is 3.84. The Morgan fingerprint density at radius 1 is 1.00 bits per heavy atom. The fourth-order valence-electron chi connectivity index (χ4n) is 2.83. The monoisotopic (exact) mass is 252 g/mol. The second-order valence-corrected chi connectivity index (χ2v) is 5.30. The maximum Gasteiger partial charge on any atom is 0.0647 e. The minimum absolute atomic E-state index is 0.863. The summed E-state index contributed by atoms with van der Waals surface area (Å²) in [6.07, 6.45) is 3.62. The van der Waals surface area contributed by atoms with Crippen LogP contribution in [0.1, 0.15) is 24.0 Å². The topological polar surface area (TPSA) is 29.3 Å². The molecule has 0 unspecified atom stereocenters. The summed E-state index contributed by atoms with van der Waals surface area (Å²) < 4.78 is 0. The van der Waals surface area contributed by atoms with Crippen LogP contribution in [0.25, 0.3) is 0 Å². The normalized spacial score (nSPS) is 14.9. The second-order valence-electron chi connectivity index (χ2n) is 5.30. The number of nitrogens with two attached hydrogens (primary N) is 1. The molecule has 98 valence electrons. The predicted octanol–water partition coefficient (Wildman–Crippen LogP) is 4.05. The summed E-state index contributed by atoms with van der Waals surface area (Å²) in [5, 5.41) is 0. The molecule has 2 aromatic carbocycles. The van der Waals surface area contributed by atoms with Gasteiger partial charge in [0.05, 0.1) is 11.4 Å². The lowest BCUT2D eigenvalue weighted by molar-refractivity contribution is 0.761. The van der Waals surface area contributed by atoms with Crippen molar-refractivity contribution in [1.82, 2.24) is 0 Å². The number of benzene rings is 2. The van der Waals surface area contributed by atoms with E-state index in [2.05, 4.69) is 48.2 Å². The lowest BCUT2D eigenvalue weighted by atomic mass is 10.1. The highest BCUT2D eigenvalue weighted by Gasteiger charge is 2.18. The maximum atomic E-state index is 6.19. The third-order valence-electron chi connectivity index (χ3n) is 3.84. The fourth-order valence-corrected chi connectivity index (χ4v) is 2.83. The van der Waals surface area contributed by atoms with Gasteiger partial charge in [-0.15, -0.1) is 0 Å². The van der Waals surface area contributed by atoms with E-state index in [9.17, 15) is 0 Å². The molecule has 0 fully saturated rings. The largest absolute Gasteiger partial charge is 0.397 e. The molecule has 0 aliphatic carbocycles. The Morgan fingerprint density at radius 3 is 2.74 bits per heavy atom. The quantitative estimate of drug-likeness (QED) is 0.776. The molecule has 2 aromatic rings. The van der Waals surface area contributed by atoms with Crippen molar-refractivity contribution >= 4 is 17.1 Å². The van der Waals surface area contributed by atoms with Crippen molar-refractivity contribution in [2.24, 2.45) is 0 Å². The van der Waals surface area contributed by atoms with E-state index in [0.717, 1.165) is 17.9 Å². The lowest BCUT2D eigenvalue weighted by Gasteiger charge is -2.26. The van der Waals surface area contributed by atoms with E-state index in [-0.39, 0.29) is 0 Å². The molecule has 0 amide bonds. The smallest absolute Gasteiger partial charge is 0.0647 e. The highest BCUT2D eigenvalue weighted by atomic mass is 15.1. The van der Waals surface area contributed by atoms with Crippen molar-refractivity contribution in [3.63, 3.8) is 0 Å². The number of nitrogens with zero attached hydrogens (tertiary/aromatic N) is 1. The van der Waals surface area contributed by atoms with Crippen LogP contribution in [0.2, 0.25) is 0 Å². The molecule has 0 spiro atoms. The molecule has 2 N–H and O–H groups in total. The second kappa shape index (κ2) is 4.96. The molecule has 1 heterocycles. The minimum Gasteiger partial charge on any atom is -0.397 e. The highest BCUT2D eigenvalue weighted by Crippen LogP contribution is 2.35. The van der Waals surface area contributed by atoms with Gasteiger partial charge in [0.2, 0.25) is 0 Å². The summed E-state index contributed by atoms with van der Waals surface area (Å²) in [6, 6.07) is 15.0. The number of hydrogen-bond donors (Lipinski definition) is 1. The molecule has 2 nitrogen and oxygen atoms in total. The van der Waals surface area contributed by atoms with Crippen molar-refractivity contribution in [3.8, 4) is 0 Å². The molecule has 3 rings (SSSR count). The van der Waals surface area contributed by atoms with Gasteiger partial charge in [0.1, 0.15) is 0 Å². The molecule has 0 atom stereocenters. The predicted molar refractivity (Wildman–Crippen MR) is 82.0 cm³/mol. The van der Waals surface area contributed by atoms with Gasteiger partial charge in [-0.2, -0.15) is 0 Å². The van der Waals surface area contributed by atoms with Gasteiger partial charge in [-0.1, -0.05) is 24.3 Å². The average molecular weight is 252 g/mol. The van der Waals surface area contributed by atoms with Crippen LogP contribution >= 0.6 is 0 Å². The third kappa shape index (κ3) is 2.30. The van der Waals surface area contributed by atoms with Gasteiger partial charge >= 0.3 is 0 Å². The first-order valence-corrected chi connectivity index (χ1v) is 6.97. The fraction of sp³-hybridized carbons (Fsp3) is 0.294. The number of rotatable bonds is 1. The van der Waals surface area contributed by atoms with Crippen LogP contribution in [0.4, 0.5) is 17.1 Å². The zero-order valence-corrected chi connectivity index (χ0v) is 11.4. The molecule has 1 aliphatic rings. The number of anilines is 3. The van der Waals surface area contributed by atoms with Gasteiger partial charge in [0.15, 0.2) is 0 Å². The van der Waals surface area contributed by atoms with E-state index < -0.39 is 0 Å². The SMILES string of the molecule is Cc1ccc(N)c(N2CCCCc3ccccc32)c1. The van der Waals surface area contributed by atoms with Crippen molar-refractivity contribution in [2.45, 2.75) is 26.2 Å². The van der Waals surface area contributed by atoms with Crippen LogP contribution in [0.5, 0.6) is 0 Å². The molecule has 0 saturated carbocycles. The molecular formula is C17H20N2. The average Bonchev–Trinajstić information content (AvgIpc) is 2.64. The van der Waals surface area contributed by atoms with E-state index >= 15 is 0 Å². The minimum atomic E-state index is 0.863. The molecule has 1 aliphatic heterocycles. The molecule has 0 bridgehead atoms. The summed E-state index contributed by atoms with van der Waals surface area (Å²) in [4.78, 5) is 2.38. The van der Waals surface area contributed by atoms with E-state index in [1.165, 1.54) is 36.1 Å². The van der Waals surface area contributed by atoms with Gasteiger partial charge in [0, 0.05) is 12.2 Å². The zero-order valence-electron chi connectivity index (χ0n) is 11.4. The first-order valence-electron chi connectivity index (χ1n) is 6.97. The Labute approximate surface area is 114 Å². The first-order chi connectivity index (χ1) is 9.25. The number of aryl methyl sites for hydroxylation is 2. The summed E-state index contributed by atoms with van der Waals surface area (Å²) in [5.74, 6) is 0. The van der Waals surface area contributed by atoms with Gasteiger partial charge in [-0.3, -0.25) is 0 Å². The van der Waals surface area contributed by atoms with Crippen molar-refractivity contribution < 1.29 is 0 Å². The van der Waals surface area contributed by atoms with Crippen LogP contribution in [0.3, 0.4) is 0 Å². The Kier molecular flexibility index (Phi) is 3.16. The Hall–Kier alpha value is -1.96. The molecule has 19 heavy (non-hydrogen) atoms. The summed E-state index contributed by atoms with van der Waals surface area (Å²) >= 11 is 0. The lowest BCUT2D eigenvalue weighted by Crippen LogP contribution is -2.19. The number of hydrogen-bond acceptors (Lipinski definition) is 2. The highest BCUT2D eigenvalue weighted by molar-refractivity contribution is 5.77. The number of fused-ring (bicyclic) bond motifs is 1. The number of para-hydroxylation sites is 1. The Bertz CT molecular complexity index is 590. The summed E-state index contributed by atoms with van der Waals surface area (Å²) in [7, 11) is 0. The Balaban J connectivity index is 2.11. The molecule has 0 radical (unpaired) electrons. The summed E-state index contributed by atoms with van der Waals surface area (Å²) in [6.45, 7) is 3.16. The van der Waals surface area contributed by atoms with Gasteiger partial charge < -0.3 is 10.6 Å². The van der Waals surface area contributed by atoms with Crippen LogP contribution < -0.4 is 10.6 Å². The van der Waals surface area contributed by atoms with E-state index in [1.54, 1.807) is 0 Å². The molecule has 0 aromatic heterocycles. The van der Waals surface area contributed by atoms with Crippen LogP contribution in [0.15, 0.2) is 42.5 Å². The molecule has 2 heteroatoms. The van der Waals surface area contributed by atoms with Gasteiger partial charge in [-0.25, -0.2) is 0 Å². The van der Waals surface area contributed by atoms with Crippen molar-refractivity contribution in [2.75, 3.05) is 17.2 Å². The van der Waals surface area contributed by atoms with Gasteiger partial charge in [0.25, 0.3) is 0 Å². The number of nitrogen functional groups attached to an aromatic ring is 1. The van der Waals surface area contributed by atoms with Gasteiger partial charge in [-0.05, 0) is 55.5 Å². The molecular weight excluding hydrogens is 232 g/mol. The molecule has 0 saturated heterocycles. The Morgan fingerprint density at radius 2 is 1.84 bits per heavy atom. The van der Waals surface area contributed by atoms with E-state index in [1.807, 2.05) is 6.07 Å². The first kappa shape index (κ1) is 12.1. The van der Waals surface area contributed by atoms with E-state index in [0.29, 0.717) is 0 Å². The zero-order chi connectivity index (χ0) is 13.2. The van der Waals surface area contributed by atoms with Crippen molar-refractivity contribution in [3.05, 3.63) is 53.6 Å². The van der Waals surface area contributed by atoms with E-state index in [4.69, 9.17) is 5.73 Å². The maximum absolute atomic E-state index is 6.19. The standard InChI is InChI=1S/C17H20N2/c1-13-9-10-15(18)17(12-13)19-11-5-4-7-14-6-2-3-8-16(14)19/h2-3,6,8-10,12H,4-5,7,11,18H2,1H3. The van der Waals surface area contributed by atoms with Crippen LogP contribution in [-0.4, -0.2) is 6.54 Å². The van der Waals surface area contributed by atoms with Crippen molar-refractivity contribution in [1.29, 1.82) is 0 Å². The summed E-state index contributed by atoms with van der Waals surface area (Å²) in [5.41, 5.74) is 12.2.